The van der Waals surface area contributed by atoms with E-state index < -0.39 is 10.0 Å². The van der Waals surface area contributed by atoms with Crippen LogP contribution in [0.5, 0.6) is 0 Å². The van der Waals surface area contributed by atoms with Crippen LogP contribution in [0.2, 0.25) is 0 Å². The van der Waals surface area contributed by atoms with Crippen LogP contribution in [0.4, 0.5) is 0 Å². The molecule has 0 saturated heterocycles. The first-order valence-corrected chi connectivity index (χ1v) is 9.19. The van der Waals surface area contributed by atoms with Gasteiger partial charge in [0, 0.05) is 13.1 Å². The molecule has 1 atom stereocenters. The molecule has 120 valence electrons. The van der Waals surface area contributed by atoms with Crippen molar-refractivity contribution < 1.29 is 8.42 Å². The second-order valence-electron chi connectivity index (χ2n) is 5.64. The normalized spacial score (nSPS) is 13.3. The van der Waals surface area contributed by atoms with Crippen molar-refractivity contribution in [3.63, 3.8) is 0 Å². The molecule has 0 radical (unpaired) electrons. The Labute approximate surface area is 129 Å². The van der Waals surface area contributed by atoms with Crippen molar-refractivity contribution in [2.45, 2.75) is 52.0 Å². The summed E-state index contributed by atoms with van der Waals surface area (Å²) in [5.74, 6) is 0.342. The van der Waals surface area contributed by atoms with E-state index in [1.54, 1.807) is 6.07 Å². The first kappa shape index (κ1) is 18.1. The molecule has 1 unspecified atom stereocenters. The van der Waals surface area contributed by atoms with Gasteiger partial charge < -0.3 is 5.32 Å². The van der Waals surface area contributed by atoms with Crippen LogP contribution >= 0.6 is 0 Å². The van der Waals surface area contributed by atoms with Crippen LogP contribution in [0.3, 0.4) is 0 Å². The molecule has 0 bridgehead atoms. The molecule has 0 aliphatic carbocycles. The summed E-state index contributed by atoms with van der Waals surface area (Å²) in [6.45, 7) is 10.2. The number of sulfonamides is 1. The van der Waals surface area contributed by atoms with Gasteiger partial charge in [-0.15, -0.1) is 0 Å². The maximum Gasteiger partial charge on any atom is 0.240 e. The fraction of sp³-hybridized carbons (Fsp3) is 0.625. The van der Waals surface area contributed by atoms with E-state index >= 15 is 0 Å². The van der Waals surface area contributed by atoms with Gasteiger partial charge in [0.1, 0.15) is 0 Å². The summed E-state index contributed by atoms with van der Waals surface area (Å²) in [4.78, 5) is 0.390. The molecular formula is C16H28N2O2S. The van der Waals surface area contributed by atoms with Crippen molar-refractivity contribution in [3.8, 4) is 0 Å². The molecular weight excluding hydrogens is 284 g/mol. The van der Waals surface area contributed by atoms with Crippen LogP contribution in [-0.4, -0.2) is 21.5 Å². The zero-order valence-corrected chi connectivity index (χ0v) is 14.4. The molecule has 21 heavy (non-hydrogen) atoms. The minimum atomic E-state index is -3.43. The van der Waals surface area contributed by atoms with Gasteiger partial charge in [0.05, 0.1) is 4.90 Å². The number of hydrogen-bond acceptors (Lipinski definition) is 3. The van der Waals surface area contributed by atoms with Crippen molar-refractivity contribution in [2.75, 3.05) is 13.1 Å². The lowest BCUT2D eigenvalue weighted by atomic mass is 10.1. The van der Waals surface area contributed by atoms with Gasteiger partial charge in [-0.05, 0) is 43.0 Å². The van der Waals surface area contributed by atoms with Gasteiger partial charge in [0.15, 0.2) is 0 Å². The Morgan fingerprint density at radius 3 is 2.57 bits per heavy atom. The zero-order valence-electron chi connectivity index (χ0n) is 13.6. The van der Waals surface area contributed by atoms with E-state index in [9.17, 15) is 8.42 Å². The van der Waals surface area contributed by atoms with Crippen molar-refractivity contribution >= 4 is 10.0 Å². The Kier molecular flexibility index (Phi) is 7.35. The lowest BCUT2D eigenvalue weighted by Gasteiger charge is -2.14. The quantitative estimate of drug-likeness (QED) is 0.689. The van der Waals surface area contributed by atoms with Crippen LogP contribution in [0.15, 0.2) is 23.1 Å². The van der Waals surface area contributed by atoms with Gasteiger partial charge in [-0.3, -0.25) is 0 Å². The maximum absolute atomic E-state index is 12.4. The molecule has 0 aromatic heterocycles. The third-order valence-electron chi connectivity index (χ3n) is 3.62. The molecule has 1 rings (SSSR count). The molecule has 0 fully saturated rings. The highest BCUT2D eigenvalue weighted by Crippen LogP contribution is 2.17. The van der Waals surface area contributed by atoms with Crippen molar-refractivity contribution in [1.29, 1.82) is 0 Å². The first-order chi connectivity index (χ1) is 9.90. The summed E-state index contributed by atoms with van der Waals surface area (Å²) in [7, 11) is -3.43. The first-order valence-electron chi connectivity index (χ1n) is 7.70. The molecule has 0 saturated carbocycles. The number of rotatable bonds is 9. The highest BCUT2D eigenvalue weighted by Gasteiger charge is 2.17. The van der Waals surface area contributed by atoms with E-state index in [0.717, 1.165) is 30.5 Å². The van der Waals surface area contributed by atoms with Crippen LogP contribution in [0, 0.1) is 12.8 Å². The summed E-state index contributed by atoms with van der Waals surface area (Å²) in [6, 6.07) is 5.63. The summed E-state index contributed by atoms with van der Waals surface area (Å²) in [6.07, 6.45) is 2.02. The second-order valence-corrected chi connectivity index (χ2v) is 7.38. The Balaban J connectivity index is 2.86. The Morgan fingerprint density at radius 1 is 1.24 bits per heavy atom. The molecule has 0 aliphatic heterocycles. The highest BCUT2D eigenvalue weighted by atomic mass is 32.2. The van der Waals surface area contributed by atoms with Crippen molar-refractivity contribution in [1.82, 2.24) is 10.0 Å². The number of benzene rings is 1. The largest absolute Gasteiger partial charge is 0.313 e. The van der Waals surface area contributed by atoms with Gasteiger partial charge in [0.25, 0.3) is 0 Å². The predicted molar refractivity (Wildman–Crippen MR) is 87.8 cm³/mol. The standard InChI is InChI=1S/C16H28N2O2S/c1-5-9-17-12-15-8-7-14(4)16(10-15)21(19,20)18-11-13(3)6-2/h7-8,10,13,17-18H,5-6,9,11-12H2,1-4H3. The fourth-order valence-electron chi connectivity index (χ4n) is 1.93. The second kappa shape index (κ2) is 8.51. The number of nitrogens with one attached hydrogen (secondary N) is 2. The van der Waals surface area contributed by atoms with Gasteiger partial charge in [-0.2, -0.15) is 0 Å². The monoisotopic (exact) mass is 312 g/mol. The van der Waals surface area contributed by atoms with Gasteiger partial charge >= 0.3 is 0 Å². The minimum Gasteiger partial charge on any atom is -0.313 e. The Bertz CT molecular complexity index is 541. The van der Waals surface area contributed by atoms with Gasteiger partial charge in [-0.25, -0.2) is 13.1 Å². The molecule has 1 aromatic rings. The third-order valence-corrected chi connectivity index (χ3v) is 5.18. The van der Waals surface area contributed by atoms with Crippen LogP contribution in [0.1, 0.15) is 44.7 Å². The predicted octanol–water partition coefficient (Wildman–Crippen LogP) is 2.82. The smallest absolute Gasteiger partial charge is 0.240 e. The zero-order chi connectivity index (χ0) is 15.9. The number of aryl methyl sites for hydroxylation is 1. The van der Waals surface area contributed by atoms with Crippen molar-refractivity contribution in [3.05, 3.63) is 29.3 Å². The van der Waals surface area contributed by atoms with E-state index in [2.05, 4.69) is 23.9 Å². The fourth-order valence-corrected chi connectivity index (χ4v) is 3.39. The third kappa shape index (κ3) is 5.77. The summed E-state index contributed by atoms with van der Waals surface area (Å²) in [5, 5.41) is 3.29. The van der Waals surface area contributed by atoms with E-state index in [1.807, 2.05) is 26.0 Å². The average molecular weight is 312 g/mol. The molecule has 0 heterocycles. The van der Waals surface area contributed by atoms with Crippen LogP contribution in [0.25, 0.3) is 0 Å². The SMILES string of the molecule is CCCNCc1ccc(C)c(S(=O)(=O)NCC(C)CC)c1. The molecule has 4 nitrogen and oxygen atoms in total. The average Bonchev–Trinajstić information content (AvgIpc) is 2.46. The Hall–Kier alpha value is -0.910. The van der Waals surface area contributed by atoms with E-state index in [4.69, 9.17) is 0 Å². The number of hydrogen-bond donors (Lipinski definition) is 2. The van der Waals surface area contributed by atoms with E-state index in [0.29, 0.717) is 23.9 Å². The lowest BCUT2D eigenvalue weighted by molar-refractivity contribution is 0.528. The maximum atomic E-state index is 12.4. The Morgan fingerprint density at radius 2 is 1.95 bits per heavy atom. The molecule has 2 N–H and O–H groups in total. The summed E-state index contributed by atoms with van der Waals surface area (Å²) >= 11 is 0. The van der Waals surface area contributed by atoms with Crippen LogP contribution < -0.4 is 10.0 Å². The molecule has 0 amide bonds. The topological polar surface area (TPSA) is 58.2 Å². The summed E-state index contributed by atoms with van der Waals surface area (Å²) in [5.41, 5.74) is 1.78. The van der Waals surface area contributed by atoms with Gasteiger partial charge in [-0.1, -0.05) is 39.3 Å². The van der Waals surface area contributed by atoms with Crippen molar-refractivity contribution in [2.24, 2.45) is 5.92 Å². The van der Waals surface area contributed by atoms with E-state index in [-0.39, 0.29) is 0 Å². The molecule has 5 heteroatoms. The highest BCUT2D eigenvalue weighted by molar-refractivity contribution is 7.89. The molecule has 1 aromatic carbocycles. The minimum absolute atomic E-state index is 0.342. The molecule has 0 aliphatic rings. The lowest BCUT2D eigenvalue weighted by Crippen LogP contribution is -2.29. The van der Waals surface area contributed by atoms with Gasteiger partial charge in [0.2, 0.25) is 10.0 Å². The van der Waals surface area contributed by atoms with E-state index in [1.165, 1.54) is 0 Å². The summed E-state index contributed by atoms with van der Waals surface area (Å²) < 4.78 is 27.6. The van der Waals surface area contributed by atoms with Crippen LogP contribution in [-0.2, 0) is 16.6 Å². The molecule has 0 spiro atoms.